The third-order valence-electron chi connectivity index (χ3n) is 3.28. The zero-order valence-electron chi connectivity index (χ0n) is 13.1. The van der Waals surface area contributed by atoms with Crippen molar-refractivity contribution < 1.29 is 0 Å². The Kier molecular flexibility index (Phi) is 5.69. The molecule has 0 aliphatic heterocycles. The Morgan fingerprint density at radius 1 is 1.19 bits per heavy atom. The number of nitrogens with one attached hydrogen (secondary N) is 1. The van der Waals surface area contributed by atoms with Crippen LogP contribution in [0, 0.1) is 5.92 Å². The van der Waals surface area contributed by atoms with Gasteiger partial charge in [-0.05, 0) is 30.7 Å². The van der Waals surface area contributed by atoms with Crippen LogP contribution in [0.3, 0.4) is 0 Å². The summed E-state index contributed by atoms with van der Waals surface area (Å²) in [5.41, 5.74) is 3.49. The molecule has 0 atom stereocenters. The van der Waals surface area contributed by atoms with Gasteiger partial charge in [-0.15, -0.1) is 0 Å². The van der Waals surface area contributed by atoms with Gasteiger partial charge in [-0.1, -0.05) is 19.9 Å². The first kappa shape index (κ1) is 15.4. The number of aromatic nitrogens is 2. The van der Waals surface area contributed by atoms with Crippen molar-refractivity contribution in [3.05, 3.63) is 54.1 Å². The number of anilines is 1. The van der Waals surface area contributed by atoms with Gasteiger partial charge in [0.05, 0.1) is 12.2 Å². The molecule has 0 amide bonds. The largest absolute Gasteiger partial charge is 0.368 e. The molecule has 0 radical (unpaired) electrons. The van der Waals surface area contributed by atoms with Crippen LogP contribution in [0.4, 0.5) is 5.69 Å². The quantitative estimate of drug-likeness (QED) is 0.849. The standard InChI is InChI=1S/C17H24N4/c1-14(2)10-19-12-15-11-18-9-7-17(15)21(3)13-16-6-4-5-8-20-16/h4-9,11,14,19H,10,12-13H2,1-3H3. The van der Waals surface area contributed by atoms with Crippen molar-refractivity contribution in [3.63, 3.8) is 0 Å². The molecule has 0 saturated heterocycles. The maximum absolute atomic E-state index is 4.39. The van der Waals surface area contributed by atoms with Crippen molar-refractivity contribution in [3.8, 4) is 0 Å². The summed E-state index contributed by atoms with van der Waals surface area (Å²) in [6, 6.07) is 8.08. The Hall–Kier alpha value is -1.94. The minimum Gasteiger partial charge on any atom is -0.368 e. The lowest BCUT2D eigenvalue weighted by Crippen LogP contribution is -2.23. The predicted octanol–water partition coefficient (Wildman–Crippen LogP) is 2.86. The molecule has 0 aliphatic rings. The number of hydrogen-bond acceptors (Lipinski definition) is 4. The highest BCUT2D eigenvalue weighted by Gasteiger charge is 2.08. The van der Waals surface area contributed by atoms with Crippen molar-refractivity contribution in [1.29, 1.82) is 0 Å². The average molecular weight is 284 g/mol. The molecule has 4 nitrogen and oxygen atoms in total. The topological polar surface area (TPSA) is 41.1 Å². The third kappa shape index (κ3) is 4.83. The molecular formula is C17H24N4. The molecule has 2 heterocycles. The molecule has 2 rings (SSSR count). The molecule has 2 aromatic heterocycles. The second kappa shape index (κ2) is 7.74. The fourth-order valence-corrected chi connectivity index (χ4v) is 2.24. The Balaban J connectivity index is 2.04. The van der Waals surface area contributed by atoms with Crippen molar-refractivity contribution in [2.75, 3.05) is 18.5 Å². The second-order valence-electron chi connectivity index (χ2n) is 5.71. The van der Waals surface area contributed by atoms with E-state index in [-0.39, 0.29) is 0 Å². The molecule has 112 valence electrons. The van der Waals surface area contributed by atoms with Gasteiger partial charge in [-0.3, -0.25) is 9.97 Å². The molecule has 1 N–H and O–H groups in total. The van der Waals surface area contributed by atoms with E-state index in [1.54, 1.807) is 0 Å². The summed E-state index contributed by atoms with van der Waals surface area (Å²) in [4.78, 5) is 10.9. The van der Waals surface area contributed by atoms with Crippen LogP contribution in [-0.4, -0.2) is 23.6 Å². The fourth-order valence-electron chi connectivity index (χ4n) is 2.24. The summed E-state index contributed by atoms with van der Waals surface area (Å²) in [5.74, 6) is 0.649. The normalized spacial score (nSPS) is 10.9. The molecule has 0 aromatic carbocycles. The summed E-state index contributed by atoms with van der Waals surface area (Å²) in [7, 11) is 2.09. The van der Waals surface area contributed by atoms with E-state index in [4.69, 9.17) is 0 Å². The molecule has 0 spiro atoms. The minimum atomic E-state index is 0.649. The summed E-state index contributed by atoms with van der Waals surface area (Å²) in [6.45, 7) is 7.07. The van der Waals surface area contributed by atoms with E-state index in [2.05, 4.69) is 47.1 Å². The van der Waals surface area contributed by atoms with E-state index in [0.717, 1.165) is 25.3 Å². The van der Waals surface area contributed by atoms with Gasteiger partial charge in [0.15, 0.2) is 0 Å². The van der Waals surface area contributed by atoms with Gasteiger partial charge in [-0.2, -0.15) is 0 Å². The highest BCUT2D eigenvalue weighted by molar-refractivity contribution is 5.51. The van der Waals surface area contributed by atoms with Crippen LogP contribution in [0.25, 0.3) is 0 Å². The lowest BCUT2D eigenvalue weighted by Gasteiger charge is -2.22. The Bertz CT molecular complexity index is 539. The van der Waals surface area contributed by atoms with Crippen LogP contribution < -0.4 is 10.2 Å². The van der Waals surface area contributed by atoms with Crippen LogP contribution >= 0.6 is 0 Å². The van der Waals surface area contributed by atoms with Crippen LogP contribution in [0.1, 0.15) is 25.1 Å². The molecule has 2 aromatic rings. The molecule has 4 heteroatoms. The molecule has 0 bridgehead atoms. The van der Waals surface area contributed by atoms with Crippen LogP contribution in [0.2, 0.25) is 0 Å². The van der Waals surface area contributed by atoms with Gasteiger partial charge < -0.3 is 10.2 Å². The van der Waals surface area contributed by atoms with E-state index < -0.39 is 0 Å². The zero-order valence-corrected chi connectivity index (χ0v) is 13.1. The number of hydrogen-bond donors (Lipinski definition) is 1. The monoisotopic (exact) mass is 284 g/mol. The molecule has 21 heavy (non-hydrogen) atoms. The Labute approximate surface area is 127 Å². The molecule has 0 saturated carbocycles. The summed E-state index contributed by atoms with van der Waals surface area (Å²) < 4.78 is 0. The van der Waals surface area contributed by atoms with E-state index >= 15 is 0 Å². The Morgan fingerprint density at radius 3 is 2.76 bits per heavy atom. The van der Waals surface area contributed by atoms with Gasteiger partial charge in [-0.25, -0.2) is 0 Å². The SMILES string of the molecule is CC(C)CNCc1cnccc1N(C)Cc1ccccn1. The maximum Gasteiger partial charge on any atom is 0.0598 e. The lowest BCUT2D eigenvalue weighted by molar-refractivity contribution is 0.551. The zero-order chi connectivity index (χ0) is 15.1. The average Bonchev–Trinajstić information content (AvgIpc) is 2.48. The lowest BCUT2D eigenvalue weighted by atomic mass is 10.2. The van der Waals surface area contributed by atoms with E-state index in [1.165, 1.54) is 11.3 Å². The first-order valence-corrected chi connectivity index (χ1v) is 7.41. The third-order valence-corrected chi connectivity index (χ3v) is 3.28. The van der Waals surface area contributed by atoms with E-state index in [9.17, 15) is 0 Å². The first-order chi connectivity index (χ1) is 10.2. The van der Waals surface area contributed by atoms with Crippen LogP contribution in [0.5, 0.6) is 0 Å². The second-order valence-corrected chi connectivity index (χ2v) is 5.71. The molecule has 0 unspecified atom stereocenters. The highest BCUT2D eigenvalue weighted by atomic mass is 15.1. The minimum absolute atomic E-state index is 0.649. The maximum atomic E-state index is 4.39. The summed E-state index contributed by atoms with van der Waals surface area (Å²) >= 11 is 0. The number of nitrogens with zero attached hydrogens (tertiary/aromatic N) is 3. The van der Waals surface area contributed by atoms with Gasteiger partial charge in [0.25, 0.3) is 0 Å². The predicted molar refractivity (Wildman–Crippen MR) is 87.1 cm³/mol. The number of rotatable bonds is 7. The molecule has 0 fully saturated rings. The summed E-state index contributed by atoms with van der Waals surface area (Å²) in [5, 5.41) is 3.48. The van der Waals surface area contributed by atoms with Gasteiger partial charge >= 0.3 is 0 Å². The smallest absolute Gasteiger partial charge is 0.0598 e. The number of pyridine rings is 2. The highest BCUT2D eigenvalue weighted by Crippen LogP contribution is 2.19. The van der Waals surface area contributed by atoms with Gasteiger partial charge in [0.2, 0.25) is 0 Å². The van der Waals surface area contributed by atoms with Crippen molar-refractivity contribution in [1.82, 2.24) is 15.3 Å². The van der Waals surface area contributed by atoms with Crippen molar-refractivity contribution in [2.45, 2.75) is 26.9 Å². The first-order valence-electron chi connectivity index (χ1n) is 7.41. The molecular weight excluding hydrogens is 260 g/mol. The fraction of sp³-hybridized carbons (Fsp3) is 0.412. The van der Waals surface area contributed by atoms with Crippen LogP contribution in [0.15, 0.2) is 42.9 Å². The van der Waals surface area contributed by atoms with E-state index in [0.29, 0.717) is 5.92 Å². The summed E-state index contributed by atoms with van der Waals surface area (Å²) in [6.07, 6.45) is 5.62. The van der Waals surface area contributed by atoms with Crippen LogP contribution in [-0.2, 0) is 13.1 Å². The van der Waals surface area contributed by atoms with Crippen molar-refractivity contribution >= 4 is 5.69 Å². The van der Waals surface area contributed by atoms with Gasteiger partial charge in [0, 0.05) is 43.4 Å². The Morgan fingerprint density at radius 2 is 2.05 bits per heavy atom. The van der Waals surface area contributed by atoms with E-state index in [1.807, 2.05) is 36.8 Å². The van der Waals surface area contributed by atoms with Gasteiger partial charge in [0.1, 0.15) is 0 Å². The van der Waals surface area contributed by atoms with Crippen molar-refractivity contribution in [2.24, 2.45) is 5.92 Å². The molecule has 0 aliphatic carbocycles.